The second-order valence-corrected chi connectivity index (χ2v) is 15.5. The van der Waals surface area contributed by atoms with E-state index in [-0.39, 0.29) is 36.0 Å². The molecule has 1 saturated carbocycles. The van der Waals surface area contributed by atoms with Gasteiger partial charge in [-0.15, -0.1) is 11.8 Å². The summed E-state index contributed by atoms with van der Waals surface area (Å²) in [6.07, 6.45) is 2.44. The van der Waals surface area contributed by atoms with Gasteiger partial charge in [0.25, 0.3) is 0 Å². The lowest BCUT2D eigenvalue weighted by Gasteiger charge is -2.38. The molecule has 0 saturated heterocycles. The first-order valence-corrected chi connectivity index (χ1v) is 17.7. The Morgan fingerprint density at radius 2 is 1.75 bits per heavy atom. The maximum absolute atomic E-state index is 13.6. The van der Waals surface area contributed by atoms with Gasteiger partial charge in [0.2, 0.25) is 21.8 Å². The monoisotopic (exact) mass is 651 g/mol. The van der Waals surface area contributed by atoms with Gasteiger partial charge in [0, 0.05) is 29.2 Å². The molecule has 0 aliphatic heterocycles. The number of aliphatic hydroxyl groups excluding tert-OH is 1. The summed E-state index contributed by atoms with van der Waals surface area (Å²) in [5.41, 5.74) is 0.466. The number of amides is 2. The van der Waals surface area contributed by atoms with Crippen LogP contribution in [0.5, 0.6) is 0 Å². The van der Waals surface area contributed by atoms with Crippen LogP contribution in [0.4, 0.5) is 4.39 Å². The number of nitrogens with one attached hydrogen (secondary N) is 3. The summed E-state index contributed by atoms with van der Waals surface area (Å²) in [5, 5.41) is 17.6. The molecule has 0 bridgehead atoms. The Morgan fingerprint density at radius 1 is 1.09 bits per heavy atom. The standard InChI is InChI=1S/C32H46FN3O6S2/c1-32(2,3)35-30(38)26-19-24(42-4)14-11-22(26)18-29(37)27(17-21-9-7-6-8-10-21)34-31(39)28(36-44(5,40)41)20-43-25-15-12-23(33)13-16-25/h6-10,12-13,15-16,22,24,26-29,36-37H,11,14,17-20H2,1-5H3,(H,34,39)(H,35,38)/t22?,24?,26?,27-,28+,29+/m0/s1. The fraction of sp³-hybridized carbons (Fsp3) is 0.562. The number of benzene rings is 2. The Bertz CT molecular complexity index is 1320. The van der Waals surface area contributed by atoms with Crippen LogP contribution in [0.15, 0.2) is 59.5 Å². The van der Waals surface area contributed by atoms with Crippen LogP contribution in [0.25, 0.3) is 0 Å². The zero-order valence-electron chi connectivity index (χ0n) is 26.1. The molecule has 4 N–H and O–H groups in total. The van der Waals surface area contributed by atoms with Crippen LogP contribution < -0.4 is 15.4 Å². The molecule has 9 nitrogen and oxygen atoms in total. The number of methoxy groups -OCH3 is 1. The van der Waals surface area contributed by atoms with E-state index in [0.29, 0.717) is 24.2 Å². The van der Waals surface area contributed by atoms with Crippen LogP contribution in [0.3, 0.4) is 0 Å². The van der Waals surface area contributed by atoms with Crippen molar-refractivity contribution in [3.8, 4) is 0 Å². The van der Waals surface area contributed by atoms with Gasteiger partial charge in [-0.3, -0.25) is 9.59 Å². The van der Waals surface area contributed by atoms with Gasteiger partial charge in [0.15, 0.2) is 0 Å². The molecule has 2 amide bonds. The molecule has 0 spiro atoms. The summed E-state index contributed by atoms with van der Waals surface area (Å²) in [7, 11) is -2.12. The highest BCUT2D eigenvalue weighted by atomic mass is 32.2. The Labute approximate surface area is 265 Å². The fourth-order valence-corrected chi connectivity index (χ4v) is 7.25. The summed E-state index contributed by atoms with van der Waals surface area (Å²) in [4.78, 5) is 27.6. The molecule has 2 aromatic rings. The lowest BCUT2D eigenvalue weighted by molar-refractivity contribution is -0.132. The molecule has 0 aromatic heterocycles. The van der Waals surface area contributed by atoms with Gasteiger partial charge < -0.3 is 20.5 Å². The molecular weight excluding hydrogens is 605 g/mol. The number of hydrogen-bond acceptors (Lipinski definition) is 7. The van der Waals surface area contributed by atoms with Crippen LogP contribution in [0.1, 0.15) is 52.0 Å². The van der Waals surface area contributed by atoms with Crippen molar-refractivity contribution < 1.29 is 32.2 Å². The molecule has 1 fully saturated rings. The maximum Gasteiger partial charge on any atom is 0.239 e. The van der Waals surface area contributed by atoms with Crippen molar-refractivity contribution in [3.63, 3.8) is 0 Å². The number of hydrogen-bond donors (Lipinski definition) is 4. The lowest BCUT2D eigenvalue weighted by Crippen LogP contribution is -2.54. The molecule has 2 aromatic carbocycles. The Hall–Kier alpha value is -2.51. The van der Waals surface area contributed by atoms with E-state index in [4.69, 9.17) is 4.74 Å². The average Bonchev–Trinajstić information content (AvgIpc) is 2.95. The van der Waals surface area contributed by atoms with E-state index in [1.807, 2.05) is 51.1 Å². The van der Waals surface area contributed by atoms with Gasteiger partial charge in [0.1, 0.15) is 11.9 Å². The third-order valence-corrected chi connectivity index (χ3v) is 9.47. The molecule has 1 aliphatic carbocycles. The third kappa shape index (κ3) is 12.1. The highest BCUT2D eigenvalue weighted by molar-refractivity contribution is 7.99. The lowest BCUT2D eigenvalue weighted by atomic mass is 9.73. The van der Waals surface area contributed by atoms with Crippen molar-refractivity contribution >= 4 is 33.6 Å². The van der Waals surface area contributed by atoms with Crippen LogP contribution in [-0.4, -0.2) is 74.3 Å². The molecule has 0 heterocycles. The van der Waals surface area contributed by atoms with Crippen molar-refractivity contribution in [1.82, 2.24) is 15.4 Å². The first kappa shape index (κ1) is 36.0. The van der Waals surface area contributed by atoms with Gasteiger partial charge >= 0.3 is 0 Å². The van der Waals surface area contributed by atoms with Gasteiger partial charge in [-0.05, 0) is 88.6 Å². The maximum atomic E-state index is 13.6. The van der Waals surface area contributed by atoms with Crippen molar-refractivity contribution in [2.45, 2.75) is 87.6 Å². The Morgan fingerprint density at radius 3 is 2.34 bits per heavy atom. The number of sulfonamides is 1. The molecule has 244 valence electrons. The molecule has 3 rings (SSSR count). The number of ether oxygens (including phenoxy) is 1. The molecule has 6 atom stereocenters. The summed E-state index contributed by atoms with van der Waals surface area (Å²) in [6.45, 7) is 5.77. The van der Waals surface area contributed by atoms with Crippen LogP contribution in [0, 0.1) is 17.7 Å². The average molecular weight is 652 g/mol. The highest BCUT2D eigenvalue weighted by Crippen LogP contribution is 2.36. The van der Waals surface area contributed by atoms with Crippen LogP contribution in [-0.2, 0) is 30.8 Å². The number of halogens is 1. The molecule has 3 unspecified atom stereocenters. The Kier molecular flexibility index (Phi) is 13.2. The fourth-order valence-electron chi connectivity index (χ4n) is 5.52. The zero-order valence-corrected chi connectivity index (χ0v) is 27.7. The second-order valence-electron chi connectivity index (χ2n) is 12.6. The topological polar surface area (TPSA) is 134 Å². The van der Waals surface area contributed by atoms with Gasteiger partial charge in [-0.25, -0.2) is 17.5 Å². The van der Waals surface area contributed by atoms with Gasteiger partial charge in [0.05, 0.1) is 24.5 Å². The smallest absolute Gasteiger partial charge is 0.239 e. The predicted molar refractivity (Wildman–Crippen MR) is 171 cm³/mol. The Balaban J connectivity index is 1.81. The quantitative estimate of drug-likeness (QED) is 0.229. The SMILES string of the molecule is COC1CCC(C[C@@H](O)[C@H](Cc2ccccc2)NC(=O)[C@@H](CSc2ccc(F)cc2)NS(C)(=O)=O)C(C(=O)NC(C)(C)C)C1. The minimum Gasteiger partial charge on any atom is -0.391 e. The van der Waals surface area contributed by atoms with Crippen molar-refractivity contribution in [2.75, 3.05) is 19.1 Å². The van der Waals surface area contributed by atoms with E-state index in [9.17, 15) is 27.5 Å². The predicted octanol–water partition coefficient (Wildman–Crippen LogP) is 3.66. The van der Waals surface area contributed by atoms with Gasteiger partial charge in [-0.1, -0.05) is 30.3 Å². The number of aliphatic hydroxyl groups is 1. The van der Waals surface area contributed by atoms with Crippen molar-refractivity contribution in [3.05, 3.63) is 66.0 Å². The van der Waals surface area contributed by atoms with Gasteiger partial charge in [-0.2, -0.15) is 0 Å². The van der Waals surface area contributed by atoms with Crippen molar-refractivity contribution in [2.24, 2.45) is 11.8 Å². The normalized spacial score (nSPS) is 21.2. The summed E-state index contributed by atoms with van der Waals surface area (Å²) in [6, 6.07) is 13.2. The van der Waals surface area contributed by atoms with E-state index in [0.717, 1.165) is 18.2 Å². The minimum absolute atomic E-state index is 0.0504. The first-order valence-electron chi connectivity index (χ1n) is 14.9. The molecule has 12 heteroatoms. The number of rotatable bonds is 14. The van der Waals surface area contributed by atoms with Crippen LogP contribution >= 0.6 is 11.8 Å². The number of thioether (sulfide) groups is 1. The summed E-state index contributed by atoms with van der Waals surface area (Å²) >= 11 is 1.21. The molecule has 1 aliphatic rings. The van der Waals surface area contributed by atoms with E-state index < -0.39 is 45.5 Å². The van der Waals surface area contributed by atoms with Crippen LogP contribution in [0.2, 0.25) is 0 Å². The van der Waals surface area contributed by atoms with E-state index in [1.165, 1.54) is 23.9 Å². The number of carbonyl (C=O) groups is 2. The second kappa shape index (κ2) is 16.2. The highest BCUT2D eigenvalue weighted by Gasteiger charge is 2.39. The van der Waals surface area contributed by atoms with Crippen molar-refractivity contribution in [1.29, 1.82) is 0 Å². The van der Waals surface area contributed by atoms with E-state index in [2.05, 4.69) is 15.4 Å². The minimum atomic E-state index is -3.76. The summed E-state index contributed by atoms with van der Waals surface area (Å²) < 4.78 is 45.7. The largest absolute Gasteiger partial charge is 0.391 e. The third-order valence-electron chi connectivity index (χ3n) is 7.65. The van der Waals surface area contributed by atoms with E-state index in [1.54, 1.807) is 19.2 Å². The first-order chi connectivity index (χ1) is 20.6. The molecule has 0 radical (unpaired) electrons. The molecular formula is C32H46FN3O6S2. The molecule has 44 heavy (non-hydrogen) atoms. The van der Waals surface area contributed by atoms with E-state index >= 15 is 0 Å². The number of carbonyl (C=O) groups excluding carboxylic acids is 2. The zero-order chi connectivity index (χ0) is 32.5. The summed E-state index contributed by atoms with van der Waals surface area (Å²) in [5.74, 6) is -1.54.